The Morgan fingerprint density at radius 3 is 2.50 bits per heavy atom. The first-order chi connectivity index (χ1) is 13.6. The zero-order valence-electron chi connectivity index (χ0n) is 15.7. The van der Waals surface area contributed by atoms with Gasteiger partial charge in [-0.2, -0.15) is 5.10 Å². The Labute approximate surface area is 167 Å². The van der Waals surface area contributed by atoms with Gasteiger partial charge in [0.05, 0.1) is 22.9 Å². The summed E-state index contributed by atoms with van der Waals surface area (Å²) in [6, 6.07) is 18.8. The van der Waals surface area contributed by atoms with E-state index in [9.17, 15) is 4.79 Å². The highest BCUT2D eigenvalue weighted by Gasteiger charge is 2.17. The van der Waals surface area contributed by atoms with E-state index in [1.54, 1.807) is 16.7 Å². The lowest BCUT2D eigenvalue weighted by atomic mass is 10.1. The zero-order valence-corrected chi connectivity index (χ0v) is 16.5. The highest BCUT2D eigenvalue weighted by molar-refractivity contribution is 6.32. The number of nitrogens with zero attached hydrogens (tertiary/aromatic N) is 3. The third-order valence-electron chi connectivity index (χ3n) is 4.70. The van der Waals surface area contributed by atoms with Crippen molar-refractivity contribution in [3.05, 3.63) is 87.3 Å². The van der Waals surface area contributed by atoms with Crippen LogP contribution in [0, 0.1) is 13.8 Å². The second-order valence-corrected chi connectivity index (χ2v) is 7.03. The molecule has 2 aromatic heterocycles. The average Bonchev–Trinajstić information content (AvgIpc) is 3.04. The molecule has 0 amide bonds. The van der Waals surface area contributed by atoms with Gasteiger partial charge in [-0.25, -0.2) is 4.68 Å². The minimum absolute atomic E-state index is 0.0789. The molecule has 0 N–H and O–H groups in total. The number of fused-ring (bicyclic) bond motifs is 1. The molecule has 6 heteroatoms. The summed E-state index contributed by atoms with van der Waals surface area (Å²) >= 11 is 6.15. The third kappa shape index (κ3) is 3.29. The number of pyridine rings is 1. The van der Waals surface area contributed by atoms with Gasteiger partial charge in [0.15, 0.2) is 0 Å². The van der Waals surface area contributed by atoms with Crippen LogP contribution < -0.4 is 10.3 Å². The summed E-state index contributed by atoms with van der Waals surface area (Å²) in [5.74, 6) is 0.605. The molecule has 4 aromatic rings. The van der Waals surface area contributed by atoms with Gasteiger partial charge >= 0.3 is 0 Å². The Hall–Kier alpha value is -3.05. The first-order valence-corrected chi connectivity index (χ1v) is 9.46. The van der Waals surface area contributed by atoms with Crippen LogP contribution in [0.2, 0.25) is 5.02 Å². The Morgan fingerprint density at radius 2 is 1.75 bits per heavy atom. The number of aromatic nitrogens is 3. The summed E-state index contributed by atoms with van der Waals surface area (Å²) < 4.78 is 9.35. The Kier molecular flexibility index (Phi) is 4.92. The van der Waals surface area contributed by atoms with Crippen LogP contribution in [0.1, 0.15) is 11.3 Å². The zero-order chi connectivity index (χ0) is 19.7. The number of hydrogen-bond acceptors (Lipinski definition) is 3. The van der Waals surface area contributed by atoms with Crippen LogP contribution in [0.5, 0.6) is 5.75 Å². The second kappa shape index (κ2) is 7.52. The van der Waals surface area contributed by atoms with Crippen molar-refractivity contribution in [3.8, 4) is 11.4 Å². The molecule has 142 valence electrons. The quantitative estimate of drug-likeness (QED) is 0.500. The molecule has 0 saturated heterocycles. The van der Waals surface area contributed by atoms with Crippen molar-refractivity contribution in [2.75, 3.05) is 6.61 Å². The van der Waals surface area contributed by atoms with E-state index < -0.39 is 0 Å². The lowest BCUT2D eigenvalue weighted by Crippen LogP contribution is -2.25. The van der Waals surface area contributed by atoms with Crippen LogP contribution in [-0.4, -0.2) is 21.0 Å². The van der Waals surface area contributed by atoms with E-state index in [0.717, 1.165) is 28.0 Å². The van der Waals surface area contributed by atoms with Gasteiger partial charge in [0.1, 0.15) is 18.0 Å². The lowest BCUT2D eigenvalue weighted by Gasteiger charge is -2.13. The van der Waals surface area contributed by atoms with E-state index in [0.29, 0.717) is 23.9 Å². The van der Waals surface area contributed by atoms with Crippen molar-refractivity contribution >= 4 is 22.6 Å². The van der Waals surface area contributed by atoms with Crippen molar-refractivity contribution in [3.63, 3.8) is 0 Å². The molecule has 0 radical (unpaired) electrons. The monoisotopic (exact) mass is 393 g/mol. The van der Waals surface area contributed by atoms with Gasteiger partial charge < -0.3 is 4.74 Å². The van der Waals surface area contributed by atoms with Gasteiger partial charge in [0.25, 0.3) is 5.56 Å². The molecular formula is C22H20ClN3O2. The van der Waals surface area contributed by atoms with Crippen molar-refractivity contribution in [2.45, 2.75) is 20.4 Å². The number of rotatable bonds is 5. The Bertz CT molecular complexity index is 1200. The van der Waals surface area contributed by atoms with E-state index in [1.807, 2.05) is 67.1 Å². The van der Waals surface area contributed by atoms with Crippen molar-refractivity contribution in [1.29, 1.82) is 0 Å². The number of aryl methyl sites for hydroxylation is 2. The van der Waals surface area contributed by atoms with E-state index in [4.69, 9.17) is 21.4 Å². The highest BCUT2D eigenvalue weighted by atomic mass is 35.5. The molecule has 4 rings (SSSR count). The van der Waals surface area contributed by atoms with Crippen molar-refractivity contribution in [1.82, 2.24) is 14.3 Å². The van der Waals surface area contributed by atoms with Crippen molar-refractivity contribution < 1.29 is 4.74 Å². The van der Waals surface area contributed by atoms with Gasteiger partial charge in [-0.05, 0) is 43.7 Å². The molecule has 5 nitrogen and oxygen atoms in total. The summed E-state index contributed by atoms with van der Waals surface area (Å²) in [6.45, 7) is 4.61. The molecule has 0 aliphatic carbocycles. The van der Waals surface area contributed by atoms with Crippen LogP contribution >= 0.6 is 11.6 Å². The second-order valence-electron chi connectivity index (χ2n) is 6.63. The maximum Gasteiger partial charge on any atom is 0.252 e. The normalized spacial score (nSPS) is 11.1. The fourth-order valence-corrected chi connectivity index (χ4v) is 3.63. The smallest absolute Gasteiger partial charge is 0.252 e. The number of para-hydroxylation sites is 2. The SMILES string of the molecule is Cc1cc(=O)n(CCOc2ccccc2Cl)c2c1c(C)nn2-c1ccccc1. The summed E-state index contributed by atoms with van der Waals surface area (Å²) in [6.07, 6.45) is 0. The largest absolute Gasteiger partial charge is 0.490 e. The maximum atomic E-state index is 12.8. The third-order valence-corrected chi connectivity index (χ3v) is 5.01. The highest BCUT2D eigenvalue weighted by Crippen LogP contribution is 2.25. The average molecular weight is 394 g/mol. The van der Waals surface area contributed by atoms with Crippen LogP contribution in [0.25, 0.3) is 16.7 Å². The molecule has 2 heterocycles. The molecule has 28 heavy (non-hydrogen) atoms. The fraction of sp³-hybridized carbons (Fsp3) is 0.182. The lowest BCUT2D eigenvalue weighted by molar-refractivity contribution is 0.298. The molecule has 2 aromatic carbocycles. The number of hydrogen-bond donors (Lipinski definition) is 0. The number of halogens is 1. The summed E-state index contributed by atoms with van der Waals surface area (Å²) in [4.78, 5) is 12.8. The number of ether oxygens (including phenoxy) is 1. The molecule has 0 spiro atoms. The Balaban J connectivity index is 1.77. The molecule has 0 fully saturated rings. The molecule has 0 aliphatic heterocycles. The van der Waals surface area contributed by atoms with E-state index in [2.05, 4.69) is 0 Å². The number of benzene rings is 2. The van der Waals surface area contributed by atoms with E-state index in [1.165, 1.54) is 0 Å². The van der Waals surface area contributed by atoms with Crippen molar-refractivity contribution in [2.24, 2.45) is 0 Å². The molecule has 0 unspecified atom stereocenters. The fourth-order valence-electron chi connectivity index (χ4n) is 3.44. The van der Waals surface area contributed by atoms with E-state index >= 15 is 0 Å². The summed E-state index contributed by atoms with van der Waals surface area (Å²) in [5, 5.41) is 6.24. The van der Waals surface area contributed by atoms with Gasteiger partial charge in [-0.3, -0.25) is 9.36 Å². The van der Waals surface area contributed by atoms with Gasteiger partial charge in [-0.15, -0.1) is 0 Å². The van der Waals surface area contributed by atoms with Crippen LogP contribution in [-0.2, 0) is 6.54 Å². The minimum atomic E-state index is -0.0789. The molecule has 0 bridgehead atoms. The van der Waals surface area contributed by atoms with Crippen LogP contribution in [0.4, 0.5) is 0 Å². The first-order valence-electron chi connectivity index (χ1n) is 9.09. The van der Waals surface area contributed by atoms with Crippen LogP contribution in [0.3, 0.4) is 0 Å². The predicted octanol–water partition coefficient (Wildman–Crippen LogP) is 4.54. The Morgan fingerprint density at radius 1 is 1.04 bits per heavy atom. The topological polar surface area (TPSA) is 49.1 Å². The summed E-state index contributed by atoms with van der Waals surface area (Å²) in [5.41, 5.74) is 3.41. The minimum Gasteiger partial charge on any atom is -0.490 e. The van der Waals surface area contributed by atoms with Gasteiger partial charge in [0.2, 0.25) is 0 Å². The summed E-state index contributed by atoms with van der Waals surface area (Å²) in [7, 11) is 0. The maximum absolute atomic E-state index is 12.8. The molecular weight excluding hydrogens is 374 g/mol. The van der Waals surface area contributed by atoms with Gasteiger partial charge in [-0.1, -0.05) is 41.9 Å². The van der Waals surface area contributed by atoms with Crippen LogP contribution in [0.15, 0.2) is 65.5 Å². The first kappa shape index (κ1) is 18.3. The molecule has 0 saturated carbocycles. The van der Waals surface area contributed by atoms with Gasteiger partial charge in [0, 0.05) is 11.5 Å². The standard InChI is InChI=1S/C22H20ClN3O2/c1-15-14-20(27)25(12-13-28-19-11-7-6-10-18(19)23)22-21(15)16(2)24-26(22)17-8-4-3-5-9-17/h3-11,14H,12-13H2,1-2H3. The van der Waals surface area contributed by atoms with E-state index in [-0.39, 0.29) is 5.56 Å². The molecule has 0 aliphatic rings. The predicted molar refractivity (Wildman–Crippen MR) is 112 cm³/mol. The molecule has 0 atom stereocenters.